The number of carbonyl (C=O) groups excluding carboxylic acids is 1. The maximum Gasteiger partial charge on any atom is 0.233 e. The Hall–Kier alpha value is -0.570. The van der Waals surface area contributed by atoms with E-state index < -0.39 is 0 Å². The minimum atomic E-state index is 0.0186. The van der Waals surface area contributed by atoms with Crippen molar-refractivity contribution in [1.82, 2.24) is 10.6 Å². The van der Waals surface area contributed by atoms with Gasteiger partial charge in [0.05, 0.1) is 6.54 Å². The maximum absolute atomic E-state index is 11.5. The molecule has 0 spiro atoms. The van der Waals surface area contributed by atoms with E-state index in [1.165, 1.54) is 25.7 Å². The summed E-state index contributed by atoms with van der Waals surface area (Å²) in [6.45, 7) is 7.49. The molecule has 0 bridgehead atoms. The van der Waals surface area contributed by atoms with Gasteiger partial charge in [-0.1, -0.05) is 12.8 Å². The van der Waals surface area contributed by atoms with Gasteiger partial charge in [0.15, 0.2) is 0 Å². The molecule has 2 N–H and O–H groups in total. The van der Waals surface area contributed by atoms with E-state index in [0.29, 0.717) is 6.54 Å². The molecule has 88 valence electrons. The molecule has 0 aliphatic heterocycles. The summed E-state index contributed by atoms with van der Waals surface area (Å²) in [5.74, 6) is 0.848. The molecule has 0 aromatic rings. The molecule has 3 heteroatoms. The third-order valence-electron chi connectivity index (χ3n) is 2.84. The topological polar surface area (TPSA) is 41.1 Å². The molecule has 1 amide bonds. The molecule has 0 heterocycles. The zero-order valence-corrected chi connectivity index (χ0v) is 10.2. The van der Waals surface area contributed by atoms with Crippen LogP contribution in [0.15, 0.2) is 0 Å². The van der Waals surface area contributed by atoms with Gasteiger partial charge in [-0.25, -0.2) is 0 Å². The van der Waals surface area contributed by atoms with Gasteiger partial charge in [0.25, 0.3) is 0 Å². The molecule has 1 rings (SSSR count). The van der Waals surface area contributed by atoms with Gasteiger partial charge in [0.1, 0.15) is 0 Å². The number of hydrogen-bond acceptors (Lipinski definition) is 2. The molecule has 1 fully saturated rings. The van der Waals surface area contributed by atoms with Crippen molar-refractivity contribution in [1.29, 1.82) is 0 Å². The quantitative estimate of drug-likeness (QED) is 0.744. The Kier molecular flexibility index (Phi) is 4.58. The predicted molar refractivity (Wildman–Crippen MR) is 62.7 cm³/mol. The van der Waals surface area contributed by atoms with E-state index in [4.69, 9.17) is 0 Å². The zero-order valence-electron chi connectivity index (χ0n) is 10.2. The van der Waals surface area contributed by atoms with Gasteiger partial charge < -0.3 is 10.6 Å². The number of amides is 1. The largest absolute Gasteiger partial charge is 0.355 e. The molecule has 0 aromatic carbocycles. The first-order valence-corrected chi connectivity index (χ1v) is 5.99. The van der Waals surface area contributed by atoms with Crippen molar-refractivity contribution in [2.24, 2.45) is 5.92 Å². The smallest absolute Gasteiger partial charge is 0.233 e. The zero-order chi connectivity index (χ0) is 11.3. The minimum Gasteiger partial charge on any atom is -0.355 e. The second-order valence-electron chi connectivity index (χ2n) is 5.56. The fraction of sp³-hybridized carbons (Fsp3) is 0.917. The Bertz CT molecular complexity index is 202. The van der Waals surface area contributed by atoms with Crippen LogP contribution in [0.3, 0.4) is 0 Å². The lowest BCUT2D eigenvalue weighted by atomic mass is 10.1. The fourth-order valence-corrected chi connectivity index (χ4v) is 1.88. The predicted octanol–water partition coefficient (Wildman–Crippen LogP) is 1.68. The van der Waals surface area contributed by atoms with Crippen LogP contribution in [0.1, 0.15) is 46.5 Å². The van der Waals surface area contributed by atoms with Gasteiger partial charge in [-0.15, -0.1) is 0 Å². The lowest BCUT2D eigenvalue weighted by Gasteiger charge is -2.20. The Labute approximate surface area is 93.0 Å². The summed E-state index contributed by atoms with van der Waals surface area (Å²) in [4.78, 5) is 11.5. The highest BCUT2D eigenvalue weighted by Crippen LogP contribution is 2.23. The summed E-state index contributed by atoms with van der Waals surface area (Å²) in [6, 6.07) is 0. The van der Waals surface area contributed by atoms with E-state index in [1.807, 2.05) is 0 Å². The Morgan fingerprint density at radius 2 is 1.87 bits per heavy atom. The molecule has 3 nitrogen and oxygen atoms in total. The molecular formula is C12H24N2O. The summed E-state index contributed by atoms with van der Waals surface area (Å²) < 4.78 is 0. The van der Waals surface area contributed by atoms with Crippen LogP contribution < -0.4 is 10.6 Å². The lowest BCUT2D eigenvalue weighted by Crippen LogP contribution is -2.44. The van der Waals surface area contributed by atoms with E-state index in [1.54, 1.807) is 0 Å². The molecule has 1 saturated carbocycles. The first kappa shape index (κ1) is 12.5. The molecule has 0 atom stereocenters. The van der Waals surface area contributed by atoms with Crippen LogP contribution in [-0.4, -0.2) is 24.5 Å². The summed E-state index contributed by atoms with van der Waals surface area (Å²) in [5, 5.41) is 6.18. The van der Waals surface area contributed by atoms with Crippen LogP contribution in [0.2, 0.25) is 0 Å². The number of hydrogen-bond donors (Lipinski definition) is 2. The highest BCUT2D eigenvalue weighted by atomic mass is 16.1. The third kappa shape index (κ3) is 5.78. The minimum absolute atomic E-state index is 0.0186. The Morgan fingerprint density at radius 3 is 2.40 bits per heavy atom. The number of carbonyl (C=O) groups is 1. The Balaban J connectivity index is 2.08. The highest BCUT2D eigenvalue weighted by Gasteiger charge is 2.16. The normalized spacial score (nSPS) is 18.1. The van der Waals surface area contributed by atoms with Crippen molar-refractivity contribution >= 4 is 5.91 Å². The van der Waals surface area contributed by atoms with E-state index in [0.717, 1.165) is 12.5 Å². The van der Waals surface area contributed by atoms with Crippen LogP contribution in [0.25, 0.3) is 0 Å². The van der Waals surface area contributed by atoms with E-state index in [9.17, 15) is 4.79 Å². The van der Waals surface area contributed by atoms with Crippen LogP contribution in [0.4, 0.5) is 0 Å². The van der Waals surface area contributed by atoms with Crippen molar-refractivity contribution in [3.8, 4) is 0 Å². The maximum atomic E-state index is 11.5. The number of rotatable bonds is 4. The van der Waals surface area contributed by atoms with Gasteiger partial charge in [-0.2, -0.15) is 0 Å². The van der Waals surface area contributed by atoms with Gasteiger partial charge in [-0.3, -0.25) is 4.79 Å². The van der Waals surface area contributed by atoms with E-state index in [2.05, 4.69) is 31.4 Å². The van der Waals surface area contributed by atoms with Crippen LogP contribution >= 0.6 is 0 Å². The fourth-order valence-electron chi connectivity index (χ4n) is 1.88. The molecule has 0 aromatic heterocycles. The Morgan fingerprint density at radius 1 is 1.27 bits per heavy atom. The van der Waals surface area contributed by atoms with E-state index in [-0.39, 0.29) is 11.4 Å². The van der Waals surface area contributed by atoms with Crippen molar-refractivity contribution in [3.05, 3.63) is 0 Å². The summed E-state index contributed by atoms with van der Waals surface area (Å²) in [7, 11) is 0. The first-order chi connectivity index (χ1) is 6.97. The third-order valence-corrected chi connectivity index (χ3v) is 2.84. The van der Waals surface area contributed by atoms with E-state index >= 15 is 0 Å². The standard InChI is InChI=1S/C12H24N2O/c1-12(2,3)14-9-11(15)13-8-10-6-4-5-7-10/h10,14H,4-9H2,1-3H3,(H,13,15). The van der Waals surface area contributed by atoms with Crippen molar-refractivity contribution in [3.63, 3.8) is 0 Å². The monoisotopic (exact) mass is 212 g/mol. The van der Waals surface area contributed by atoms with Crippen molar-refractivity contribution in [2.45, 2.75) is 52.0 Å². The average molecular weight is 212 g/mol. The summed E-state index contributed by atoms with van der Waals surface area (Å²) in [6.07, 6.45) is 5.24. The summed E-state index contributed by atoms with van der Waals surface area (Å²) in [5.41, 5.74) is 0.0186. The average Bonchev–Trinajstić information content (AvgIpc) is 2.62. The lowest BCUT2D eigenvalue weighted by molar-refractivity contribution is -0.120. The summed E-state index contributed by atoms with van der Waals surface area (Å²) >= 11 is 0. The number of nitrogens with one attached hydrogen (secondary N) is 2. The van der Waals surface area contributed by atoms with Crippen molar-refractivity contribution in [2.75, 3.05) is 13.1 Å². The molecular weight excluding hydrogens is 188 g/mol. The molecule has 15 heavy (non-hydrogen) atoms. The van der Waals surface area contributed by atoms with Gasteiger partial charge in [-0.05, 0) is 39.5 Å². The van der Waals surface area contributed by atoms with Crippen LogP contribution in [-0.2, 0) is 4.79 Å². The first-order valence-electron chi connectivity index (χ1n) is 5.99. The SMILES string of the molecule is CC(C)(C)NCC(=O)NCC1CCCC1. The van der Waals surface area contributed by atoms with Crippen LogP contribution in [0, 0.1) is 5.92 Å². The van der Waals surface area contributed by atoms with Gasteiger partial charge in [0, 0.05) is 12.1 Å². The van der Waals surface area contributed by atoms with Crippen molar-refractivity contribution < 1.29 is 4.79 Å². The van der Waals surface area contributed by atoms with Gasteiger partial charge >= 0.3 is 0 Å². The second kappa shape index (κ2) is 5.50. The van der Waals surface area contributed by atoms with Gasteiger partial charge in [0.2, 0.25) is 5.91 Å². The molecule has 1 aliphatic carbocycles. The molecule has 0 radical (unpaired) electrons. The highest BCUT2D eigenvalue weighted by molar-refractivity contribution is 5.78. The molecule has 0 saturated heterocycles. The molecule has 0 unspecified atom stereocenters. The second-order valence-corrected chi connectivity index (χ2v) is 5.56. The van der Waals surface area contributed by atoms with Crippen LogP contribution in [0.5, 0.6) is 0 Å². The molecule has 1 aliphatic rings.